The molecule has 0 spiro atoms. The molecular weight excluding hydrogens is 268 g/mol. The molecule has 0 atom stereocenters. The smallest absolute Gasteiger partial charge is 0.348 e. The van der Waals surface area contributed by atoms with E-state index in [0.29, 0.717) is 16.4 Å². The molecule has 0 fully saturated rings. The maximum absolute atomic E-state index is 12.2. The molecule has 102 valence electrons. The number of hydrogen-bond donors (Lipinski definition) is 0. The monoisotopic (exact) mass is 278 g/mol. The summed E-state index contributed by atoms with van der Waals surface area (Å²) in [7, 11) is 0. The van der Waals surface area contributed by atoms with Gasteiger partial charge in [0.25, 0.3) is 0 Å². The summed E-state index contributed by atoms with van der Waals surface area (Å²) in [4.78, 5) is 16.6. The molecule has 0 aliphatic heterocycles. The molecule has 0 saturated carbocycles. The fourth-order valence-electron chi connectivity index (χ4n) is 2.37. The third kappa shape index (κ3) is 1.73. The van der Waals surface area contributed by atoms with Crippen molar-refractivity contribution in [2.45, 2.75) is 6.92 Å². The van der Waals surface area contributed by atoms with Crippen molar-refractivity contribution in [3.05, 3.63) is 58.4 Å². The van der Waals surface area contributed by atoms with E-state index in [1.54, 1.807) is 6.07 Å². The van der Waals surface area contributed by atoms with E-state index in [1.165, 1.54) is 4.68 Å². The standard InChI is InChI=1S/C15H10N4O2/c1-9-5-4-7-11-13(9)14(20)21-15(16-11)19-12-8-3-2-6-10(12)17-18-19/h2-8H,1H3. The van der Waals surface area contributed by atoms with Crippen LogP contribution in [0.2, 0.25) is 0 Å². The highest BCUT2D eigenvalue weighted by molar-refractivity contribution is 5.81. The third-order valence-electron chi connectivity index (χ3n) is 3.39. The van der Waals surface area contributed by atoms with E-state index in [2.05, 4.69) is 15.3 Å². The predicted octanol–water partition coefficient (Wildman–Crippen LogP) is 2.23. The van der Waals surface area contributed by atoms with Crippen molar-refractivity contribution < 1.29 is 4.42 Å². The average molecular weight is 278 g/mol. The molecule has 6 nitrogen and oxygen atoms in total. The first-order valence-corrected chi connectivity index (χ1v) is 6.45. The maximum atomic E-state index is 12.2. The second-order valence-electron chi connectivity index (χ2n) is 4.74. The first-order chi connectivity index (χ1) is 10.2. The zero-order chi connectivity index (χ0) is 14.4. The maximum Gasteiger partial charge on any atom is 0.348 e. The Morgan fingerprint density at radius 3 is 2.76 bits per heavy atom. The van der Waals surface area contributed by atoms with Crippen LogP contribution in [0.25, 0.3) is 28.0 Å². The van der Waals surface area contributed by atoms with Gasteiger partial charge in [0.05, 0.1) is 16.4 Å². The second-order valence-corrected chi connectivity index (χ2v) is 4.74. The topological polar surface area (TPSA) is 73.8 Å². The van der Waals surface area contributed by atoms with Crippen molar-refractivity contribution in [2.75, 3.05) is 0 Å². The molecule has 4 rings (SSSR count). The van der Waals surface area contributed by atoms with Gasteiger partial charge in [0.2, 0.25) is 0 Å². The molecule has 0 aliphatic carbocycles. The summed E-state index contributed by atoms with van der Waals surface area (Å²) in [5, 5.41) is 8.53. The van der Waals surface area contributed by atoms with Crippen molar-refractivity contribution in [1.82, 2.24) is 20.0 Å². The molecule has 21 heavy (non-hydrogen) atoms. The van der Waals surface area contributed by atoms with E-state index in [4.69, 9.17) is 4.42 Å². The summed E-state index contributed by atoms with van der Waals surface area (Å²) >= 11 is 0. The molecule has 2 aromatic heterocycles. The highest BCUT2D eigenvalue weighted by atomic mass is 16.4. The molecule has 2 heterocycles. The molecule has 0 bridgehead atoms. The van der Waals surface area contributed by atoms with Crippen molar-refractivity contribution in [3.8, 4) is 6.01 Å². The average Bonchev–Trinajstić information content (AvgIpc) is 2.91. The van der Waals surface area contributed by atoms with Gasteiger partial charge in [0, 0.05) is 0 Å². The molecule has 2 aromatic carbocycles. The van der Waals surface area contributed by atoms with Crippen LogP contribution in [0.1, 0.15) is 5.56 Å². The van der Waals surface area contributed by atoms with Gasteiger partial charge in [0.15, 0.2) is 0 Å². The number of benzene rings is 2. The molecule has 6 heteroatoms. The summed E-state index contributed by atoms with van der Waals surface area (Å²) in [5.41, 5.74) is 2.45. The van der Waals surface area contributed by atoms with E-state index < -0.39 is 5.63 Å². The SMILES string of the molecule is Cc1cccc2nc(-n3nnc4ccccc43)oc(=O)c12. The first kappa shape index (κ1) is 11.8. The normalized spacial score (nSPS) is 11.3. The fraction of sp³-hybridized carbons (Fsp3) is 0.0667. The Hall–Kier alpha value is -3.02. The van der Waals surface area contributed by atoms with Gasteiger partial charge in [0.1, 0.15) is 5.52 Å². The van der Waals surface area contributed by atoms with Crippen molar-refractivity contribution in [2.24, 2.45) is 0 Å². The minimum atomic E-state index is -0.423. The van der Waals surface area contributed by atoms with Crippen LogP contribution in [-0.4, -0.2) is 20.0 Å². The van der Waals surface area contributed by atoms with Gasteiger partial charge in [-0.2, -0.15) is 9.67 Å². The van der Waals surface area contributed by atoms with Gasteiger partial charge >= 0.3 is 11.6 Å². The number of nitrogens with zero attached hydrogens (tertiary/aromatic N) is 4. The zero-order valence-corrected chi connectivity index (χ0v) is 11.1. The van der Waals surface area contributed by atoms with Crippen molar-refractivity contribution >= 4 is 21.9 Å². The van der Waals surface area contributed by atoms with E-state index >= 15 is 0 Å². The van der Waals surface area contributed by atoms with Crippen LogP contribution in [-0.2, 0) is 0 Å². The Kier molecular flexibility index (Phi) is 2.38. The van der Waals surface area contributed by atoms with E-state index in [1.807, 2.05) is 43.3 Å². The summed E-state index contributed by atoms with van der Waals surface area (Å²) < 4.78 is 6.75. The second kappa shape index (κ2) is 4.24. The number of aromatic nitrogens is 4. The number of fused-ring (bicyclic) bond motifs is 2. The molecule has 0 amide bonds. The van der Waals surface area contributed by atoms with Crippen LogP contribution < -0.4 is 5.63 Å². The van der Waals surface area contributed by atoms with Crippen LogP contribution in [0.5, 0.6) is 0 Å². The predicted molar refractivity (Wildman–Crippen MR) is 77.4 cm³/mol. The lowest BCUT2D eigenvalue weighted by Gasteiger charge is -2.03. The van der Waals surface area contributed by atoms with Crippen LogP contribution in [0, 0.1) is 6.92 Å². The minimum Gasteiger partial charge on any atom is -0.387 e. The summed E-state index contributed by atoms with van der Waals surface area (Å²) in [6, 6.07) is 13.0. The lowest BCUT2D eigenvalue weighted by molar-refractivity contribution is 0.462. The van der Waals surface area contributed by atoms with Gasteiger partial charge in [-0.3, -0.25) is 0 Å². The fourth-order valence-corrected chi connectivity index (χ4v) is 2.37. The molecule has 0 unspecified atom stereocenters. The van der Waals surface area contributed by atoms with Crippen LogP contribution in [0.3, 0.4) is 0 Å². The quantitative estimate of drug-likeness (QED) is 0.534. The Balaban J connectivity index is 2.06. The van der Waals surface area contributed by atoms with Crippen molar-refractivity contribution in [1.29, 1.82) is 0 Å². The van der Waals surface area contributed by atoms with Crippen LogP contribution in [0.4, 0.5) is 0 Å². The van der Waals surface area contributed by atoms with Crippen LogP contribution in [0.15, 0.2) is 51.7 Å². The first-order valence-electron chi connectivity index (χ1n) is 6.45. The number of aryl methyl sites for hydroxylation is 1. The minimum absolute atomic E-state index is 0.117. The number of rotatable bonds is 1. The van der Waals surface area contributed by atoms with E-state index in [9.17, 15) is 4.79 Å². The Bertz CT molecular complexity index is 1030. The highest BCUT2D eigenvalue weighted by Crippen LogP contribution is 2.17. The largest absolute Gasteiger partial charge is 0.387 e. The summed E-state index contributed by atoms with van der Waals surface area (Å²) in [6.45, 7) is 1.85. The van der Waals surface area contributed by atoms with Gasteiger partial charge < -0.3 is 4.42 Å². The molecule has 0 N–H and O–H groups in total. The van der Waals surface area contributed by atoms with E-state index in [0.717, 1.165) is 11.1 Å². The van der Waals surface area contributed by atoms with Gasteiger partial charge in [-0.05, 0) is 30.7 Å². The highest BCUT2D eigenvalue weighted by Gasteiger charge is 2.13. The molecule has 0 radical (unpaired) electrons. The Morgan fingerprint density at radius 2 is 1.86 bits per heavy atom. The summed E-state index contributed by atoms with van der Waals surface area (Å²) in [5.74, 6) is 0. The summed E-state index contributed by atoms with van der Waals surface area (Å²) in [6.07, 6.45) is 0. The van der Waals surface area contributed by atoms with Crippen LogP contribution >= 0.6 is 0 Å². The molecular formula is C15H10N4O2. The molecule has 0 aliphatic rings. The lowest BCUT2D eigenvalue weighted by atomic mass is 10.1. The third-order valence-corrected chi connectivity index (χ3v) is 3.39. The van der Waals surface area contributed by atoms with Gasteiger partial charge in [-0.1, -0.05) is 29.5 Å². The number of hydrogen-bond acceptors (Lipinski definition) is 5. The zero-order valence-electron chi connectivity index (χ0n) is 11.1. The van der Waals surface area contributed by atoms with Gasteiger partial charge in [-0.25, -0.2) is 4.79 Å². The number of para-hydroxylation sites is 1. The lowest BCUT2D eigenvalue weighted by Crippen LogP contribution is -2.09. The molecule has 0 saturated heterocycles. The Morgan fingerprint density at radius 1 is 1.05 bits per heavy atom. The Labute approximate surface area is 118 Å². The van der Waals surface area contributed by atoms with E-state index in [-0.39, 0.29) is 6.01 Å². The van der Waals surface area contributed by atoms with Crippen molar-refractivity contribution in [3.63, 3.8) is 0 Å². The van der Waals surface area contributed by atoms with Gasteiger partial charge in [-0.15, -0.1) is 5.10 Å². The molecule has 4 aromatic rings.